The summed E-state index contributed by atoms with van der Waals surface area (Å²) in [6, 6.07) is 10.5. The third kappa shape index (κ3) is 6.06. The number of rotatable bonds is 8. The molecule has 0 aliphatic carbocycles. The fraction of sp³-hybridized carbons (Fsp3) is 0.158. The maximum Gasteiger partial charge on any atom is 0.247 e. The number of nitrogens with two attached hydrogens (primary N) is 1. The maximum atomic E-state index is 11.9. The lowest BCUT2D eigenvalue weighted by molar-refractivity contribution is -0.120. The van der Waals surface area contributed by atoms with Gasteiger partial charge in [-0.1, -0.05) is 40.6 Å². The number of hydrogen-bond acceptors (Lipinski definition) is 8. The van der Waals surface area contributed by atoms with Crippen LogP contribution in [0.1, 0.15) is 16.1 Å². The summed E-state index contributed by atoms with van der Waals surface area (Å²) in [7, 11) is 1.54. The Morgan fingerprint density at radius 1 is 1.23 bits per heavy atom. The topological polar surface area (TPSA) is 112 Å². The predicted octanol–water partition coefficient (Wildman–Crippen LogP) is 3.71. The molecule has 0 aliphatic rings. The van der Waals surface area contributed by atoms with Gasteiger partial charge in [-0.25, -0.2) is 5.43 Å². The second-order valence-electron chi connectivity index (χ2n) is 5.94. The number of carbonyl (C=O) groups is 1. The quantitative estimate of drug-likeness (QED) is 0.387. The minimum absolute atomic E-state index is 0.0512. The van der Waals surface area contributed by atoms with E-state index in [1.807, 2.05) is 0 Å². The zero-order chi connectivity index (χ0) is 21.5. The fourth-order valence-electron chi connectivity index (χ4n) is 2.37. The third-order valence-corrected chi connectivity index (χ3v) is 5.12. The highest BCUT2D eigenvalue weighted by atomic mass is 35.5. The lowest BCUT2D eigenvalue weighted by atomic mass is 10.2. The van der Waals surface area contributed by atoms with Gasteiger partial charge in [0.2, 0.25) is 11.0 Å². The highest BCUT2D eigenvalue weighted by Gasteiger charge is 2.09. The molecule has 8 nitrogen and oxygen atoms in total. The Morgan fingerprint density at radius 2 is 2.07 bits per heavy atom. The Morgan fingerprint density at radius 3 is 2.77 bits per heavy atom. The number of ether oxygens (including phenoxy) is 2. The molecule has 0 saturated carbocycles. The maximum absolute atomic E-state index is 11.9. The molecule has 0 radical (unpaired) electrons. The Labute approximate surface area is 186 Å². The molecule has 3 rings (SSSR count). The van der Waals surface area contributed by atoms with Gasteiger partial charge in [-0.05, 0) is 35.9 Å². The summed E-state index contributed by atoms with van der Waals surface area (Å²) in [5.74, 6) is 0.729. The zero-order valence-corrected chi connectivity index (χ0v) is 18.1. The van der Waals surface area contributed by atoms with E-state index in [0.29, 0.717) is 37.2 Å². The van der Waals surface area contributed by atoms with Crippen LogP contribution in [0.2, 0.25) is 10.0 Å². The second kappa shape index (κ2) is 10.2. The van der Waals surface area contributed by atoms with Gasteiger partial charge in [-0.3, -0.25) is 4.79 Å². The van der Waals surface area contributed by atoms with Gasteiger partial charge >= 0.3 is 0 Å². The van der Waals surface area contributed by atoms with Gasteiger partial charge < -0.3 is 15.2 Å². The van der Waals surface area contributed by atoms with E-state index in [-0.39, 0.29) is 18.9 Å². The normalized spacial score (nSPS) is 10.9. The molecule has 11 heteroatoms. The number of halogens is 2. The molecule has 0 aliphatic heterocycles. The molecule has 1 amide bonds. The van der Waals surface area contributed by atoms with E-state index >= 15 is 0 Å². The molecule has 3 aromatic rings. The van der Waals surface area contributed by atoms with Crippen LogP contribution in [-0.4, -0.2) is 29.4 Å². The number of aromatic nitrogens is 2. The molecule has 156 valence electrons. The van der Waals surface area contributed by atoms with Crippen LogP contribution < -0.4 is 20.6 Å². The highest BCUT2D eigenvalue weighted by molar-refractivity contribution is 7.15. The third-order valence-electron chi connectivity index (χ3n) is 3.78. The number of carbonyl (C=O) groups excluding carboxylic acids is 1. The molecule has 30 heavy (non-hydrogen) atoms. The summed E-state index contributed by atoms with van der Waals surface area (Å²) in [6.45, 7) is 0.256. The van der Waals surface area contributed by atoms with E-state index in [2.05, 4.69) is 20.7 Å². The molecular weight excluding hydrogens is 449 g/mol. The van der Waals surface area contributed by atoms with Crippen molar-refractivity contribution in [3.05, 3.63) is 62.6 Å². The molecule has 1 heterocycles. The Balaban J connectivity index is 1.59. The molecule has 1 aromatic heterocycles. The van der Waals surface area contributed by atoms with Gasteiger partial charge in [0.15, 0.2) is 11.5 Å². The van der Waals surface area contributed by atoms with Gasteiger partial charge in [0.25, 0.3) is 0 Å². The first-order valence-electron chi connectivity index (χ1n) is 8.59. The number of hydrogen-bond donors (Lipinski definition) is 2. The summed E-state index contributed by atoms with van der Waals surface area (Å²) in [6.07, 6.45) is 1.55. The molecule has 0 fully saturated rings. The molecule has 0 atom stereocenters. The lowest BCUT2D eigenvalue weighted by Crippen LogP contribution is -2.19. The van der Waals surface area contributed by atoms with Crippen LogP contribution >= 0.6 is 34.5 Å². The van der Waals surface area contributed by atoms with Crippen LogP contribution in [0.5, 0.6) is 11.5 Å². The van der Waals surface area contributed by atoms with Crippen molar-refractivity contribution in [2.75, 3.05) is 12.8 Å². The molecule has 0 unspecified atom stereocenters. The summed E-state index contributed by atoms with van der Waals surface area (Å²) >= 11 is 13.2. The number of nitrogens with zero attached hydrogens (tertiary/aromatic N) is 3. The molecule has 0 saturated heterocycles. The van der Waals surface area contributed by atoms with Crippen molar-refractivity contribution in [3.8, 4) is 11.5 Å². The number of methoxy groups -OCH3 is 1. The van der Waals surface area contributed by atoms with Crippen molar-refractivity contribution in [2.24, 2.45) is 5.10 Å². The van der Waals surface area contributed by atoms with E-state index in [1.165, 1.54) is 13.3 Å². The average Bonchev–Trinajstić information content (AvgIpc) is 3.12. The van der Waals surface area contributed by atoms with Crippen LogP contribution in [-0.2, 0) is 17.8 Å². The molecule has 3 N–H and O–H groups in total. The Hall–Kier alpha value is -2.88. The minimum Gasteiger partial charge on any atom is -0.493 e. The number of hydrazone groups is 1. The zero-order valence-electron chi connectivity index (χ0n) is 15.8. The summed E-state index contributed by atoms with van der Waals surface area (Å²) < 4.78 is 11.2. The van der Waals surface area contributed by atoms with E-state index in [4.69, 9.17) is 38.4 Å². The van der Waals surface area contributed by atoms with Gasteiger partial charge in [0.05, 0.1) is 19.7 Å². The van der Waals surface area contributed by atoms with Gasteiger partial charge in [0, 0.05) is 15.6 Å². The van der Waals surface area contributed by atoms with E-state index < -0.39 is 0 Å². The number of amides is 1. The standard InChI is InChI=1S/C19H17Cl2N5O3S/c1-28-16-6-11(9-23-24-17(27)8-18-25-26-19(22)30-18)2-5-15(16)29-10-12-3-4-13(20)7-14(12)21/h2-7,9H,8,10H2,1H3,(H2,22,26)(H,24,27)/b23-9-. The van der Waals surface area contributed by atoms with Crippen molar-refractivity contribution in [3.63, 3.8) is 0 Å². The van der Waals surface area contributed by atoms with Crippen molar-refractivity contribution in [2.45, 2.75) is 13.0 Å². The second-order valence-corrected chi connectivity index (χ2v) is 7.88. The molecular formula is C19H17Cl2N5O3S. The van der Waals surface area contributed by atoms with E-state index in [1.54, 1.807) is 36.4 Å². The molecule has 0 spiro atoms. The van der Waals surface area contributed by atoms with Crippen LogP contribution in [0.4, 0.5) is 5.13 Å². The molecule has 0 bridgehead atoms. The molecule has 2 aromatic carbocycles. The first-order chi connectivity index (χ1) is 14.4. The highest BCUT2D eigenvalue weighted by Crippen LogP contribution is 2.29. The summed E-state index contributed by atoms with van der Waals surface area (Å²) in [4.78, 5) is 11.9. The van der Waals surface area contributed by atoms with E-state index in [0.717, 1.165) is 16.9 Å². The van der Waals surface area contributed by atoms with Gasteiger partial charge in [-0.15, -0.1) is 10.2 Å². The van der Waals surface area contributed by atoms with Crippen LogP contribution in [0.25, 0.3) is 0 Å². The van der Waals surface area contributed by atoms with Gasteiger partial charge in [-0.2, -0.15) is 5.10 Å². The van der Waals surface area contributed by atoms with Crippen molar-refractivity contribution < 1.29 is 14.3 Å². The van der Waals surface area contributed by atoms with Crippen molar-refractivity contribution >= 4 is 51.8 Å². The largest absolute Gasteiger partial charge is 0.493 e. The number of anilines is 1. The lowest BCUT2D eigenvalue weighted by Gasteiger charge is -2.12. The summed E-state index contributed by atoms with van der Waals surface area (Å²) in [5, 5.41) is 13.3. The average molecular weight is 466 g/mol. The fourth-order valence-corrected chi connectivity index (χ4v) is 3.44. The number of nitrogen functional groups attached to an aromatic ring is 1. The first kappa shape index (κ1) is 21.8. The monoisotopic (exact) mass is 465 g/mol. The summed E-state index contributed by atoms with van der Waals surface area (Å²) in [5.41, 5.74) is 9.43. The smallest absolute Gasteiger partial charge is 0.247 e. The predicted molar refractivity (Wildman–Crippen MR) is 118 cm³/mol. The van der Waals surface area contributed by atoms with Crippen LogP contribution in [0.3, 0.4) is 0 Å². The Bertz CT molecular complexity index is 1070. The van der Waals surface area contributed by atoms with E-state index in [9.17, 15) is 4.79 Å². The van der Waals surface area contributed by atoms with Crippen LogP contribution in [0.15, 0.2) is 41.5 Å². The number of nitrogens with one attached hydrogen (secondary N) is 1. The first-order valence-corrected chi connectivity index (χ1v) is 10.2. The SMILES string of the molecule is COc1cc(/C=N\NC(=O)Cc2nnc(N)s2)ccc1OCc1ccc(Cl)cc1Cl. The van der Waals surface area contributed by atoms with Crippen molar-refractivity contribution in [1.29, 1.82) is 0 Å². The van der Waals surface area contributed by atoms with Crippen LogP contribution in [0, 0.1) is 0 Å². The van der Waals surface area contributed by atoms with Gasteiger partial charge in [0.1, 0.15) is 11.6 Å². The number of benzene rings is 2. The minimum atomic E-state index is -0.325. The van der Waals surface area contributed by atoms with Crippen molar-refractivity contribution in [1.82, 2.24) is 15.6 Å². The Kier molecular flexibility index (Phi) is 7.45.